The van der Waals surface area contributed by atoms with Gasteiger partial charge in [0.25, 0.3) is 11.7 Å². The number of carbonyl (C=O) groups excluding carboxylic acids is 3. The number of allylic oxidation sites excluding steroid dienone is 2. The molecule has 0 radical (unpaired) electrons. The number of piperidine rings is 1. The zero-order valence-corrected chi connectivity index (χ0v) is 39.5. The summed E-state index contributed by atoms with van der Waals surface area (Å²) >= 11 is 0. The van der Waals surface area contributed by atoms with Crippen LogP contribution in [0.4, 0.5) is 5.69 Å². The van der Waals surface area contributed by atoms with Crippen molar-refractivity contribution in [2.24, 2.45) is 29.6 Å². The van der Waals surface area contributed by atoms with Crippen molar-refractivity contribution in [1.29, 1.82) is 0 Å². The molecule has 1 aliphatic carbocycles. The van der Waals surface area contributed by atoms with Gasteiger partial charge in [0.15, 0.2) is 11.3 Å². The van der Waals surface area contributed by atoms with E-state index in [2.05, 4.69) is 17.3 Å². The predicted molar refractivity (Wildman–Crippen MR) is 248 cm³/mol. The zero-order valence-electron chi connectivity index (χ0n) is 39.5. The Morgan fingerprint density at radius 1 is 0.985 bits per heavy atom. The summed E-state index contributed by atoms with van der Waals surface area (Å²) in [4.78, 5) is 63.0. The smallest absolute Gasteiger partial charge is 0.312 e. The Hall–Kier alpha value is -6.01. The Balaban J connectivity index is 1.41. The quantitative estimate of drug-likeness (QED) is 0.0830. The molecular formula is C50H61N3O14. The Morgan fingerprint density at radius 3 is 2.36 bits per heavy atom. The van der Waals surface area contributed by atoms with Crippen molar-refractivity contribution in [2.75, 3.05) is 39.2 Å². The van der Waals surface area contributed by atoms with E-state index in [4.69, 9.17) is 33.1 Å². The van der Waals surface area contributed by atoms with Crippen molar-refractivity contribution in [3.05, 3.63) is 69.6 Å². The lowest BCUT2D eigenvalue weighted by molar-refractivity contribution is -0.160. The number of amides is 1. The lowest BCUT2D eigenvalue weighted by atomic mass is 9.78. The normalized spacial score (nSPS) is 29.9. The maximum Gasteiger partial charge on any atom is 0.312 e. The first kappa shape index (κ1) is 48.9. The van der Waals surface area contributed by atoms with E-state index in [0.717, 1.165) is 25.9 Å². The van der Waals surface area contributed by atoms with Crippen LogP contribution in [0.5, 0.6) is 23.0 Å². The molecule has 7 rings (SSSR count). The van der Waals surface area contributed by atoms with Crippen LogP contribution < -0.4 is 20.2 Å². The Labute approximate surface area is 388 Å². The Morgan fingerprint density at radius 2 is 1.69 bits per heavy atom. The number of ketones is 1. The van der Waals surface area contributed by atoms with Gasteiger partial charge in [-0.15, -0.1) is 0 Å². The van der Waals surface area contributed by atoms with E-state index >= 15 is 0 Å². The fourth-order valence-corrected chi connectivity index (χ4v) is 9.39. The van der Waals surface area contributed by atoms with E-state index < -0.39 is 88.4 Å². The van der Waals surface area contributed by atoms with Gasteiger partial charge in [0, 0.05) is 73.3 Å². The first-order valence-electron chi connectivity index (χ1n) is 22.6. The van der Waals surface area contributed by atoms with Gasteiger partial charge in [0.1, 0.15) is 46.0 Å². The zero-order chi connectivity index (χ0) is 48.8. The number of aliphatic hydroxyl groups excluding tert-OH is 2. The average molecular weight is 928 g/mol. The van der Waals surface area contributed by atoms with Crippen LogP contribution >= 0.6 is 0 Å². The number of methoxy groups -OCH3 is 1. The van der Waals surface area contributed by atoms with Crippen molar-refractivity contribution in [3.63, 3.8) is 0 Å². The summed E-state index contributed by atoms with van der Waals surface area (Å²) in [6.07, 6.45) is 5.30. The highest BCUT2D eigenvalue weighted by atomic mass is 16.7. The number of phenolic OH excluding ortho intramolecular Hbond substituents is 2. The van der Waals surface area contributed by atoms with E-state index in [9.17, 15) is 39.6 Å². The number of nitrogens with one attached hydrogen (secondary N) is 1. The minimum absolute atomic E-state index is 0.00324. The summed E-state index contributed by atoms with van der Waals surface area (Å²) in [5.41, 5.74) is -1.56. The second kappa shape index (κ2) is 19.3. The molecule has 2 aromatic rings. The number of esters is 1. The molecule has 1 saturated heterocycles. The molecule has 67 heavy (non-hydrogen) atoms. The van der Waals surface area contributed by atoms with Gasteiger partial charge in [-0.25, -0.2) is 4.98 Å². The fraction of sp³-hybridized carbons (Fsp3) is 0.500. The number of aliphatic hydroxyl groups is 2. The van der Waals surface area contributed by atoms with Crippen LogP contribution in [0.25, 0.3) is 33.3 Å². The van der Waals surface area contributed by atoms with Gasteiger partial charge in [0.2, 0.25) is 5.43 Å². The van der Waals surface area contributed by atoms with Crippen molar-refractivity contribution < 1.29 is 62.9 Å². The van der Waals surface area contributed by atoms with Gasteiger partial charge in [-0.3, -0.25) is 19.2 Å². The molecule has 5 N–H and O–H groups in total. The molecule has 17 nitrogen and oxygen atoms in total. The SMILES string of the molecule is CO[C@H]1/C=C/O[C@@]2(C)Oc3c(C)c(O)c4c(=O)c(c5oc6cc(OCC7CCN(C)CC7)cc(O)c6nc-5c4c3C2=O)NC(=O)/C(C)=C\C=C\[C@H](C)[C@H](O)[C@@H](C)[C@@H](O)[C@@H](C)[C@H](OC(C)=O)[C@@H]1C. The van der Waals surface area contributed by atoms with Gasteiger partial charge in [-0.1, -0.05) is 45.9 Å². The molecule has 0 aromatic heterocycles. The number of ether oxygens (including phenoxy) is 5. The highest BCUT2D eigenvalue weighted by Crippen LogP contribution is 2.51. The number of aromatic hydroxyl groups is 2. The molecule has 4 heterocycles. The molecule has 4 bridgehead atoms. The standard InChI is InChI=1S/C50H61N3O14/c1-23-12-11-13-24(2)49(61)52-40-44(59)36-35(39-47(40)66-34-21-31(20-32(55)38(34)51-39)63-22-30-14-17-53(9)18-15-30)37-46(28(6)43(36)58)67-50(8,48(37)60)64-19-16-33(62-10)25(3)45(65-29(7)54)27(5)42(57)26(4)41(23)56/h11-13,16,19-21,23,25-27,30,33,41-42,45,55-58H,14-15,17-18,22H2,1-10H3,(H,52,61)/b12-11+,19-16+,24-13-/t23-,25+,26+,27+,33-,41-,42+,45+,50-/m0/s1. The van der Waals surface area contributed by atoms with Gasteiger partial charge < -0.3 is 58.7 Å². The third-order valence-electron chi connectivity index (χ3n) is 13.7. The summed E-state index contributed by atoms with van der Waals surface area (Å²) in [7, 11) is 3.50. The first-order valence-corrected chi connectivity index (χ1v) is 22.6. The largest absolute Gasteiger partial charge is 0.507 e. The van der Waals surface area contributed by atoms with Gasteiger partial charge >= 0.3 is 11.8 Å². The molecule has 9 atom stereocenters. The van der Waals surface area contributed by atoms with E-state index in [1.54, 1.807) is 39.8 Å². The highest BCUT2D eigenvalue weighted by Gasteiger charge is 2.50. The Bertz CT molecular complexity index is 2700. The number of hydrogen-bond donors (Lipinski definition) is 5. The predicted octanol–water partition coefficient (Wildman–Crippen LogP) is 6.38. The average Bonchev–Trinajstić information content (AvgIpc) is 3.56. The number of hydrogen-bond acceptors (Lipinski definition) is 16. The molecule has 0 saturated carbocycles. The van der Waals surface area contributed by atoms with Crippen LogP contribution in [0.15, 0.2) is 57.5 Å². The number of fused-ring (bicyclic) bond motifs is 2. The lowest BCUT2D eigenvalue weighted by Gasteiger charge is -2.38. The lowest BCUT2D eigenvalue weighted by Crippen LogP contribution is -2.46. The maximum atomic E-state index is 14.8. The number of Topliss-reactive ketones (excluding diaryl/α,β-unsaturated/α-hetero) is 1. The number of carbonyl (C=O) groups is 3. The van der Waals surface area contributed by atoms with Crippen LogP contribution in [-0.4, -0.2) is 112 Å². The van der Waals surface area contributed by atoms with E-state index in [1.165, 1.54) is 65.4 Å². The molecule has 17 heteroatoms. The molecule has 1 fully saturated rings. The van der Waals surface area contributed by atoms with E-state index in [1.807, 2.05) is 0 Å². The number of benzene rings is 3. The first-order chi connectivity index (χ1) is 31.7. The third-order valence-corrected chi connectivity index (χ3v) is 13.7. The minimum Gasteiger partial charge on any atom is -0.507 e. The summed E-state index contributed by atoms with van der Waals surface area (Å²) in [6, 6.07) is 2.92. The van der Waals surface area contributed by atoms with E-state index in [0.29, 0.717) is 6.61 Å². The number of anilines is 1. The van der Waals surface area contributed by atoms with Crippen LogP contribution in [-0.2, 0) is 23.8 Å². The second-order valence-electron chi connectivity index (χ2n) is 18.6. The number of nitrogens with zero attached hydrogens (tertiary/aromatic N) is 2. The van der Waals surface area contributed by atoms with Crippen molar-refractivity contribution in [3.8, 4) is 34.5 Å². The summed E-state index contributed by atoms with van der Waals surface area (Å²) in [5, 5.41) is 48.4. The van der Waals surface area contributed by atoms with Crippen LogP contribution in [0.3, 0.4) is 0 Å². The van der Waals surface area contributed by atoms with Crippen LogP contribution in [0.2, 0.25) is 0 Å². The highest BCUT2D eigenvalue weighted by molar-refractivity contribution is 6.22. The van der Waals surface area contributed by atoms with Gasteiger partial charge in [-0.05, 0) is 58.8 Å². The third kappa shape index (κ3) is 9.34. The number of aromatic nitrogens is 1. The number of rotatable bonds is 5. The van der Waals surface area contributed by atoms with Crippen molar-refractivity contribution in [2.45, 2.75) is 98.4 Å². The topological polar surface area (TPSA) is 237 Å². The van der Waals surface area contributed by atoms with Crippen LogP contribution in [0, 0.1) is 36.5 Å². The Kier molecular flexibility index (Phi) is 14.1. The molecule has 360 valence electrons. The molecular weight excluding hydrogens is 867 g/mol. The van der Waals surface area contributed by atoms with Gasteiger partial charge in [-0.2, -0.15) is 0 Å². The molecule has 0 unspecified atom stereocenters. The molecule has 5 aliphatic rings. The van der Waals surface area contributed by atoms with Crippen LogP contribution in [0.1, 0.15) is 77.2 Å². The monoisotopic (exact) mass is 927 g/mol. The minimum atomic E-state index is -2.09. The van der Waals surface area contributed by atoms with E-state index in [-0.39, 0.29) is 73.2 Å². The summed E-state index contributed by atoms with van der Waals surface area (Å²) in [6.45, 7) is 14.7. The molecule has 1 amide bonds. The summed E-state index contributed by atoms with van der Waals surface area (Å²) in [5.74, 6) is -7.46. The molecule has 4 aliphatic heterocycles. The van der Waals surface area contributed by atoms with Crippen molar-refractivity contribution >= 4 is 45.2 Å². The fourth-order valence-electron chi connectivity index (χ4n) is 9.39. The van der Waals surface area contributed by atoms with Gasteiger partial charge in [0.05, 0.1) is 42.1 Å². The molecule has 2 aromatic carbocycles. The molecule has 0 spiro atoms. The number of likely N-dealkylation sites (tertiary alicyclic amines) is 1. The summed E-state index contributed by atoms with van der Waals surface area (Å²) < 4.78 is 36.4. The van der Waals surface area contributed by atoms with Crippen molar-refractivity contribution in [1.82, 2.24) is 9.88 Å². The second-order valence-corrected chi connectivity index (χ2v) is 18.6. The number of phenols is 2. The maximum absolute atomic E-state index is 14.8.